The van der Waals surface area contributed by atoms with Gasteiger partial charge in [-0.05, 0) is 6.54 Å². The van der Waals surface area contributed by atoms with Crippen LogP contribution in [0.15, 0.2) is 12.1 Å². The van der Waals surface area contributed by atoms with Gasteiger partial charge < -0.3 is 10.1 Å². The fraction of sp³-hybridized carbons (Fsp3) is 0.417. The number of hydrogen-bond acceptors (Lipinski definition) is 5. The number of nitro benzene ring substituents is 1. The van der Waals surface area contributed by atoms with Crippen LogP contribution >= 0.6 is 0 Å². The van der Waals surface area contributed by atoms with Crippen LogP contribution in [0.5, 0.6) is 5.75 Å². The molecule has 0 saturated carbocycles. The van der Waals surface area contributed by atoms with E-state index >= 15 is 0 Å². The number of nitro groups is 1. The van der Waals surface area contributed by atoms with Crippen molar-refractivity contribution in [1.29, 1.82) is 5.26 Å². The summed E-state index contributed by atoms with van der Waals surface area (Å²) in [5.74, 6) is -2.61. The number of benzene rings is 1. The second-order valence-corrected chi connectivity index (χ2v) is 3.87. The van der Waals surface area contributed by atoms with Crippen molar-refractivity contribution in [3.8, 4) is 11.8 Å². The third-order valence-electron chi connectivity index (χ3n) is 2.47. The molecule has 1 atom stereocenters. The molecule has 20 heavy (non-hydrogen) atoms. The number of nitrogens with zero attached hydrogens (tertiary/aromatic N) is 2. The molecule has 0 aliphatic heterocycles. The molecule has 1 unspecified atom stereocenters. The van der Waals surface area contributed by atoms with E-state index in [9.17, 15) is 18.9 Å². The van der Waals surface area contributed by atoms with Gasteiger partial charge in [0.15, 0.2) is 11.6 Å². The number of nitrogens with one attached hydrogen (secondary N) is 1. The third kappa shape index (κ3) is 4.13. The zero-order chi connectivity index (χ0) is 15.1. The van der Waals surface area contributed by atoms with Crippen molar-refractivity contribution < 1.29 is 18.4 Å². The van der Waals surface area contributed by atoms with E-state index in [1.54, 1.807) is 0 Å². The minimum absolute atomic E-state index is 0.0145. The molecule has 0 heterocycles. The van der Waals surface area contributed by atoms with Gasteiger partial charge in [0, 0.05) is 12.5 Å². The third-order valence-corrected chi connectivity index (χ3v) is 2.47. The zero-order valence-electron chi connectivity index (χ0n) is 10.7. The molecular weight excluding hydrogens is 272 g/mol. The van der Waals surface area contributed by atoms with Crippen molar-refractivity contribution in [1.82, 2.24) is 5.32 Å². The van der Waals surface area contributed by atoms with E-state index in [2.05, 4.69) is 5.32 Å². The summed E-state index contributed by atoms with van der Waals surface area (Å²) in [6, 6.07) is 2.63. The quantitative estimate of drug-likeness (QED) is 0.612. The Kier molecular flexibility index (Phi) is 5.80. The molecule has 1 aromatic carbocycles. The van der Waals surface area contributed by atoms with E-state index in [-0.39, 0.29) is 13.0 Å². The Morgan fingerprint density at radius 3 is 2.75 bits per heavy atom. The lowest BCUT2D eigenvalue weighted by Crippen LogP contribution is -2.28. The molecule has 0 saturated heterocycles. The Balaban J connectivity index is 2.68. The molecule has 0 amide bonds. The fourth-order valence-corrected chi connectivity index (χ4v) is 1.51. The lowest BCUT2D eigenvalue weighted by Gasteiger charge is -2.11. The highest BCUT2D eigenvalue weighted by Crippen LogP contribution is 2.26. The minimum Gasteiger partial charge on any atom is -0.490 e. The number of rotatable bonds is 7. The monoisotopic (exact) mass is 285 g/mol. The molecule has 0 aliphatic carbocycles. The fourth-order valence-electron chi connectivity index (χ4n) is 1.51. The number of ether oxygens (including phenoxy) is 1. The van der Waals surface area contributed by atoms with Gasteiger partial charge in [0.2, 0.25) is 5.82 Å². The Labute approximate surface area is 114 Å². The van der Waals surface area contributed by atoms with Crippen molar-refractivity contribution >= 4 is 5.69 Å². The Hall–Kier alpha value is -2.27. The molecule has 0 fully saturated rings. The molecule has 1 aromatic rings. The van der Waals surface area contributed by atoms with Gasteiger partial charge in [0.1, 0.15) is 0 Å². The van der Waals surface area contributed by atoms with E-state index in [1.165, 1.54) is 0 Å². The van der Waals surface area contributed by atoms with Crippen LogP contribution < -0.4 is 10.1 Å². The summed E-state index contributed by atoms with van der Waals surface area (Å²) < 4.78 is 31.8. The second-order valence-electron chi connectivity index (χ2n) is 3.87. The molecule has 0 radical (unpaired) electrons. The van der Waals surface area contributed by atoms with Crippen LogP contribution in [-0.4, -0.2) is 24.1 Å². The smallest absolute Gasteiger partial charge is 0.307 e. The van der Waals surface area contributed by atoms with Gasteiger partial charge in [-0.25, -0.2) is 4.39 Å². The van der Waals surface area contributed by atoms with Gasteiger partial charge in [0.05, 0.1) is 29.7 Å². The normalized spacial score (nSPS) is 11.7. The topological polar surface area (TPSA) is 88.2 Å². The highest BCUT2D eigenvalue weighted by molar-refractivity contribution is 5.39. The van der Waals surface area contributed by atoms with E-state index in [4.69, 9.17) is 10.00 Å². The lowest BCUT2D eigenvalue weighted by molar-refractivity contribution is -0.387. The van der Waals surface area contributed by atoms with Gasteiger partial charge in [-0.3, -0.25) is 10.1 Å². The van der Waals surface area contributed by atoms with Crippen molar-refractivity contribution in [3.63, 3.8) is 0 Å². The van der Waals surface area contributed by atoms with Gasteiger partial charge in [-0.1, -0.05) is 6.92 Å². The van der Waals surface area contributed by atoms with Crippen LogP contribution in [0.3, 0.4) is 0 Å². The first-order valence-corrected chi connectivity index (χ1v) is 5.88. The molecule has 0 bridgehead atoms. The van der Waals surface area contributed by atoms with Crippen molar-refractivity contribution in [3.05, 3.63) is 33.9 Å². The van der Waals surface area contributed by atoms with Crippen LogP contribution in [0.4, 0.5) is 14.5 Å². The first-order chi connectivity index (χ1) is 9.49. The summed E-state index contributed by atoms with van der Waals surface area (Å²) in [5, 5.41) is 22.1. The summed E-state index contributed by atoms with van der Waals surface area (Å²) in [7, 11) is 0. The molecule has 1 rings (SSSR count). The summed E-state index contributed by atoms with van der Waals surface area (Å²) in [5.41, 5.74) is -0.947. The SMILES string of the molecule is CCNC(C#N)CCOc1cc(F)c([N+](=O)[O-])cc1F. The van der Waals surface area contributed by atoms with Crippen LogP contribution in [0.2, 0.25) is 0 Å². The Bertz CT molecular complexity index is 531. The molecule has 8 heteroatoms. The van der Waals surface area contributed by atoms with E-state index in [0.717, 1.165) is 0 Å². The van der Waals surface area contributed by atoms with E-state index < -0.39 is 34.0 Å². The average Bonchev–Trinajstić information content (AvgIpc) is 2.40. The largest absolute Gasteiger partial charge is 0.490 e. The van der Waals surface area contributed by atoms with Crippen LogP contribution in [0.1, 0.15) is 13.3 Å². The number of halogens is 2. The van der Waals surface area contributed by atoms with Crippen molar-refractivity contribution in [2.75, 3.05) is 13.2 Å². The van der Waals surface area contributed by atoms with Crippen LogP contribution in [0, 0.1) is 33.1 Å². The summed E-state index contributed by atoms with van der Waals surface area (Å²) in [6.07, 6.45) is 0.280. The molecule has 108 valence electrons. The highest BCUT2D eigenvalue weighted by Gasteiger charge is 2.19. The summed E-state index contributed by atoms with van der Waals surface area (Å²) in [4.78, 5) is 9.40. The first-order valence-electron chi connectivity index (χ1n) is 5.88. The Morgan fingerprint density at radius 1 is 1.50 bits per heavy atom. The predicted molar refractivity (Wildman–Crippen MR) is 66.2 cm³/mol. The lowest BCUT2D eigenvalue weighted by atomic mass is 10.2. The van der Waals surface area contributed by atoms with Crippen LogP contribution in [-0.2, 0) is 0 Å². The molecular formula is C12H13F2N3O3. The molecule has 6 nitrogen and oxygen atoms in total. The van der Waals surface area contributed by atoms with Gasteiger partial charge >= 0.3 is 5.69 Å². The predicted octanol–water partition coefficient (Wildman–Crippen LogP) is 2.14. The number of hydrogen-bond donors (Lipinski definition) is 1. The standard InChI is InChI=1S/C12H13F2N3O3/c1-2-16-8(7-15)3-4-20-12-6-9(13)11(17(18)19)5-10(12)14/h5-6,8,16H,2-4H2,1H3. The molecule has 0 spiro atoms. The van der Waals surface area contributed by atoms with Crippen molar-refractivity contribution in [2.45, 2.75) is 19.4 Å². The highest BCUT2D eigenvalue weighted by atomic mass is 19.1. The summed E-state index contributed by atoms with van der Waals surface area (Å²) in [6.45, 7) is 2.41. The van der Waals surface area contributed by atoms with Gasteiger partial charge in [-0.15, -0.1) is 0 Å². The van der Waals surface area contributed by atoms with Crippen molar-refractivity contribution in [2.24, 2.45) is 0 Å². The first kappa shape index (κ1) is 15.8. The maximum atomic E-state index is 13.5. The molecule has 1 N–H and O–H groups in total. The zero-order valence-corrected chi connectivity index (χ0v) is 10.7. The average molecular weight is 285 g/mol. The Morgan fingerprint density at radius 2 is 2.20 bits per heavy atom. The van der Waals surface area contributed by atoms with Crippen LogP contribution in [0.25, 0.3) is 0 Å². The minimum atomic E-state index is -1.17. The van der Waals surface area contributed by atoms with Gasteiger partial charge in [0.25, 0.3) is 0 Å². The molecule has 0 aliphatic rings. The summed E-state index contributed by atoms with van der Waals surface area (Å²) >= 11 is 0. The maximum absolute atomic E-state index is 13.5. The van der Waals surface area contributed by atoms with E-state index in [0.29, 0.717) is 18.7 Å². The maximum Gasteiger partial charge on any atom is 0.307 e. The second kappa shape index (κ2) is 7.35. The van der Waals surface area contributed by atoms with Gasteiger partial charge in [-0.2, -0.15) is 9.65 Å². The molecule has 0 aromatic heterocycles. The van der Waals surface area contributed by atoms with E-state index in [1.807, 2.05) is 13.0 Å². The number of nitriles is 1.